The van der Waals surface area contributed by atoms with E-state index in [9.17, 15) is 9.59 Å². The maximum atomic E-state index is 12.0. The maximum Gasteiger partial charge on any atom is 0.407 e. The van der Waals surface area contributed by atoms with Crippen LogP contribution < -0.4 is 15.4 Å². The number of epoxide rings is 1. The highest BCUT2D eigenvalue weighted by atomic mass is 35.5. The van der Waals surface area contributed by atoms with Gasteiger partial charge in [-0.3, -0.25) is 4.79 Å². The molecule has 0 spiro atoms. The number of ether oxygens (including phenoxy) is 3. The number of methoxy groups -OCH3 is 1. The van der Waals surface area contributed by atoms with E-state index in [0.717, 1.165) is 24.8 Å². The summed E-state index contributed by atoms with van der Waals surface area (Å²) in [5.41, 5.74) is 2.03. The molecule has 1 aromatic carbocycles. The minimum absolute atomic E-state index is 0.00722. The molecule has 186 valence electrons. The largest absolute Gasteiger partial charge is 0.495 e. The van der Waals surface area contributed by atoms with E-state index >= 15 is 0 Å². The molecule has 3 rings (SSSR count). The number of nitrogens with one attached hydrogen (secondary N) is 2. The van der Waals surface area contributed by atoms with Crippen LogP contribution in [0.1, 0.15) is 51.5 Å². The summed E-state index contributed by atoms with van der Waals surface area (Å²) in [4.78, 5) is 23.5. The first-order valence-corrected chi connectivity index (χ1v) is 12.1. The van der Waals surface area contributed by atoms with E-state index in [1.807, 2.05) is 31.2 Å². The van der Waals surface area contributed by atoms with Crippen molar-refractivity contribution in [1.82, 2.24) is 10.6 Å². The van der Waals surface area contributed by atoms with Crippen molar-refractivity contribution in [1.29, 1.82) is 0 Å². The van der Waals surface area contributed by atoms with E-state index < -0.39 is 0 Å². The van der Waals surface area contributed by atoms with Gasteiger partial charge in [0.05, 0.1) is 23.8 Å². The highest BCUT2D eigenvalue weighted by Gasteiger charge is 2.53. The summed E-state index contributed by atoms with van der Waals surface area (Å²) in [5.74, 6) is 0.684. The Hall–Kier alpha value is -2.51. The van der Waals surface area contributed by atoms with Crippen LogP contribution in [0.15, 0.2) is 42.0 Å². The van der Waals surface area contributed by atoms with Crippen molar-refractivity contribution in [2.24, 2.45) is 0 Å². The predicted molar refractivity (Wildman–Crippen MR) is 132 cm³/mol. The Morgan fingerprint density at radius 2 is 2.21 bits per heavy atom. The van der Waals surface area contributed by atoms with Gasteiger partial charge in [-0.1, -0.05) is 41.5 Å². The Morgan fingerprint density at radius 1 is 1.41 bits per heavy atom. The van der Waals surface area contributed by atoms with Gasteiger partial charge in [-0.05, 0) is 50.8 Å². The lowest BCUT2D eigenvalue weighted by molar-refractivity contribution is -0.120. The average Bonchev–Trinajstić information content (AvgIpc) is 3.44. The van der Waals surface area contributed by atoms with Gasteiger partial charge in [0.25, 0.3) is 0 Å². The predicted octanol–water partition coefficient (Wildman–Crippen LogP) is 4.72. The van der Waals surface area contributed by atoms with Gasteiger partial charge in [-0.15, -0.1) is 0 Å². The van der Waals surface area contributed by atoms with Gasteiger partial charge in [0.2, 0.25) is 5.91 Å². The van der Waals surface area contributed by atoms with Crippen LogP contribution in [0.25, 0.3) is 0 Å². The first kappa shape index (κ1) is 26.1. The average molecular weight is 491 g/mol. The molecule has 0 bridgehead atoms. The van der Waals surface area contributed by atoms with Crippen LogP contribution in [0, 0.1) is 0 Å². The van der Waals surface area contributed by atoms with Crippen LogP contribution in [0.4, 0.5) is 4.79 Å². The number of hydrogen-bond donors (Lipinski definition) is 2. The zero-order valence-corrected chi connectivity index (χ0v) is 21.1. The number of benzene rings is 1. The summed E-state index contributed by atoms with van der Waals surface area (Å²) >= 11 is 6.09. The second-order valence-electron chi connectivity index (χ2n) is 9.25. The number of allylic oxidation sites excluding steroid dienone is 3. The molecule has 2 saturated heterocycles. The number of rotatable bonds is 11. The molecule has 7 nitrogen and oxygen atoms in total. The van der Waals surface area contributed by atoms with Gasteiger partial charge in [0.15, 0.2) is 0 Å². The molecule has 0 saturated carbocycles. The van der Waals surface area contributed by atoms with E-state index in [0.29, 0.717) is 30.0 Å². The summed E-state index contributed by atoms with van der Waals surface area (Å²) in [7, 11) is 3.24. The number of carbonyl (C=O) groups excluding carboxylic acids is 2. The van der Waals surface area contributed by atoms with Gasteiger partial charge in [0.1, 0.15) is 11.9 Å². The lowest BCUT2D eigenvalue weighted by Gasteiger charge is -2.29. The van der Waals surface area contributed by atoms with E-state index in [1.54, 1.807) is 14.2 Å². The van der Waals surface area contributed by atoms with Crippen LogP contribution in [0.5, 0.6) is 5.75 Å². The smallest absolute Gasteiger partial charge is 0.407 e. The molecule has 8 heteroatoms. The summed E-state index contributed by atoms with van der Waals surface area (Å²) < 4.78 is 16.6. The number of alkyl carbamates (subject to hydrolysis) is 1. The van der Waals surface area contributed by atoms with Crippen molar-refractivity contribution < 1.29 is 23.8 Å². The topological polar surface area (TPSA) is 89.2 Å². The molecule has 0 aliphatic carbocycles. The van der Waals surface area contributed by atoms with Gasteiger partial charge in [0, 0.05) is 32.4 Å². The van der Waals surface area contributed by atoms with Crippen molar-refractivity contribution in [3.63, 3.8) is 0 Å². The number of amides is 2. The SMILES string of the molecule is CNC(=O)CC[C@]1(C)O[C@H]1CC1CC(C/C=C/C=C(\C)Cc2ccc(Cl)c(OC)c2)NC(=O)O1. The van der Waals surface area contributed by atoms with Crippen LogP contribution >= 0.6 is 11.6 Å². The number of carbonyl (C=O) groups is 2. The van der Waals surface area contributed by atoms with Crippen molar-refractivity contribution in [2.75, 3.05) is 14.2 Å². The molecular weight excluding hydrogens is 456 g/mol. The molecule has 1 aromatic rings. The van der Waals surface area contributed by atoms with Crippen molar-refractivity contribution in [3.05, 3.63) is 52.6 Å². The molecule has 4 atom stereocenters. The fourth-order valence-electron chi connectivity index (χ4n) is 4.28. The minimum Gasteiger partial charge on any atom is -0.495 e. The van der Waals surface area contributed by atoms with E-state index in [2.05, 4.69) is 29.7 Å². The lowest BCUT2D eigenvalue weighted by atomic mass is 9.94. The molecule has 2 amide bonds. The lowest BCUT2D eigenvalue weighted by Crippen LogP contribution is -2.45. The molecular formula is C26H35ClN2O5. The second-order valence-corrected chi connectivity index (χ2v) is 9.66. The third kappa shape index (κ3) is 7.50. The van der Waals surface area contributed by atoms with E-state index in [1.165, 1.54) is 5.57 Å². The zero-order valence-electron chi connectivity index (χ0n) is 20.4. The van der Waals surface area contributed by atoms with Crippen molar-refractivity contribution in [2.45, 2.75) is 76.2 Å². The molecule has 2 heterocycles. The Morgan fingerprint density at radius 3 is 2.94 bits per heavy atom. The first-order valence-electron chi connectivity index (χ1n) is 11.7. The highest BCUT2D eigenvalue weighted by Crippen LogP contribution is 2.44. The van der Waals surface area contributed by atoms with Crippen LogP contribution in [0.2, 0.25) is 5.02 Å². The quantitative estimate of drug-likeness (QED) is 0.346. The minimum atomic E-state index is -0.384. The molecule has 2 aliphatic heterocycles. The summed E-state index contributed by atoms with van der Waals surface area (Å²) in [5, 5.41) is 6.13. The zero-order chi connectivity index (χ0) is 24.7. The molecule has 2 fully saturated rings. The molecule has 2 N–H and O–H groups in total. The molecule has 0 radical (unpaired) electrons. The second kappa shape index (κ2) is 11.8. The highest BCUT2D eigenvalue weighted by molar-refractivity contribution is 6.32. The van der Waals surface area contributed by atoms with Crippen LogP contribution in [-0.4, -0.2) is 50.0 Å². The summed E-state index contributed by atoms with van der Waals surface area (Å²) in [6, 6.07) is 5.82. The summed E-state index contributed by atoms with van der Waals surface area (Å²) in [6.07, 6.45) is 9.63. The third-order valence-electron chi connectivity index (χ3n) is 6.42. The molecule has 2 unspecified atom stereocenters. The van der Waals surface area contributed by atoms with E-state index in [4.69, 9.17) is 25.8 Å². The van der Waals surface area contributed by atoms with Crippen molar-refractivity contribution in [3.8, 4) is 5.75 Å². The van der Waals surface area contributed by atoms with Gasteiger partial charge in [-0.25, -0.2) is 4.79 Å². The third-order valence-corrected chi connectivity index (χ3v) is 6.73. The van der Waals surface area contributed by atoms with Crippen LogP contribution in [-0.2, 0) is 20.7 Å². The van der Waals surface area contributed by atoms with Gasteiger partial charge >= 0.3 is 6.09 Å². The number of cyclic esters (lactones) is 1. The van der Waals surface area contributed by atoms with Gasteiger partial charge < -0.3 is 24.8 Å². The monoisotopic (exact) mass is 490 g/mol. The standard InChI is InChI=1S/C26H35ClN2O5/c1-17(13-18-9-10-21(27)22(14-18)32-4)7-5-6-8-19-15-20(33-25(31)29-19)16-23-26(2,34-23)12-11-24(30)28-3/h5-7,9-10,14,19-20,23H,8,11-13,15-16H2,1-4H3,(H,28,30)(H,29,31)/b6-5+,17-7+/t19?,20?,23-,26-/m0/s1. The Labute approximate surface area is 206 Å². The van der Waals surface area contributed by atoms with Crippen LogP contribution in [0.3, 0.4) is 0 Å². The molecule has 34 heavy (non-hydrogen) atoms. The normalized spacial score (nSPS) is 26.7. The molecule has 0 aromatic heterocycles. The van der Waals surface area contributed by atoms with Gasteiger partial charge in [-0.2, -0.15) is 0 Å². The Bertz CT molecular complexity index is 947. The Kier molecular flexibility index (Phi) is 9.03. The number of halogens is 1. The summed E-state index contributed by atoms with van der Waals surface area (Å²) in [6.45, 7) is 4.09. The maximum absolute atomic E-state index is 12.0. The fourth-order valence-corrected chi connectivity index (χ4v) is 4.47. The molecule has 2 aliphatic rings. The van der Waals surface area contributed by atoms with E-state index in [-0.39, 0.29) is 35.9 Å². The first-order chi connectivity index (χ1) is 16.2. The Balaban J connectivity index is 1.44. The number of hydrogen-bond acceptors (Lipinski definition) is 5. The van der Waals surface area contributed by atoms with Crippen molar-refractivity contribution >= 4 is 23.6 Å². The fraction of sp³-hybridized carbons (Fsp3) is 0.538.